The Balaban J connectivity index is 3.05. The van der Waals surface area contributed by atoms with Crippen LogP contribution in [0, 0.1) is 0 Å². The van der Waals surface area contributed by atoms with Crippen LogP contribution in [0.1, 0.15) is 18.7 Å². The molecule has 1 atom stereocenters. The number of aromatic nitrogens is 1. The van der Waals surface area contributed by atoms with Crippen molar-refractivity contribution in [3.05, 3.63) is 30.1 Å². The summed E-state index contributed by atoms with van der Waals surface area (Å²) < 4.78 is 1.53. The average Bonchev–Trinajstić information content (AvgIpc) is 2.16. The fourth-order valence-corrected chi connectivity index (χ4v) is 1.12. The van der Waals surface area contributed by atoms with Gasteiger partial charge >= 0.3 is 5.97 Å². The predicted molar refractivity (Wildman–Crippen MR) is 44.9 cm³/mol. The summed E-state index contributed by atoms with van der Waals surface area (Å²) in [5.74, 6) is -0.911. The van der Waals surface area contributed by atoms with Crippen molar-refractivity contribution in [2.45, 2.75) is 19.6 Å². The third-order valence-electron chi connectivity index (χ3n) is 1.91. The molecule has 0 saturated heterocycles. The number of pyridine rings is 1. The zero-order chi connectivity index (χ0) is 9.84. The van der Waals surface area contributed by atoms with Gasteiger partial charge in [-0.2, -0.15) is 4.57 Å². The molecule has 1 rings (SSSR count). The minimum absolute atomic E-state index is 0.154. The normalized spacial score (nSPS) is 12.5. The van der Waals surface area contributed by atoms with Gasteiger partial charge in [-0.15, -0.1) is 0 Å². The van der Waals surface area contributed by atoms with Crippen LogP contribution < -0.4 is 4.57 Å². The molecule has 0 aliphatic carbocycles. The first-order valence-corrected chi connectivity index (χ1v) is 3.99. The molecule has 0 radical (unpaired) electrons. The number of carboxylic acid groups (broad SMARTS) is 1. The lowest BCUT2D eigenvalue weighted by atomic mass is 10.2. The number of rotatable bonds is 3. The summed E-state index contributed by atoms with van der Waals surface area (Å²) in [4.78, 5) is 10.7. The molecule has 0 aromatic carbocycles. The Kier molecular flexibility index (Phi) is 2.97. The van der Waals surface area contributed by atoms with E-state index < -0.39 is 12.0 Å². The fourth-order valence-electron chi connectivity index (χ4n) is 1.12. The summed E-state index contributed by atoms with van der Waals surface area (Å²) in [6.45, 7) is 1.42. The van der Waals surface area contributed by atoms with Crippen molar-refractivity contribution in [3.8, 4) is 0 Å². The minimum atomic E-state index is -0.911. The first-order chi connectivity index (χ1) is 6.16. The van der Waals surface area contributed by atoms with Gasteiger partial charge in [0, 0.05) is 19.1 Å². The van der Waals surface area contributed by atoms with E-state index in [1.165, 1.54) is 4.57 Å². The molecule has 4 heteroatoms. The maximum atomic E-state index is 10.7. The smallest absolute Gasteiger partial charge is 0.373 e. The molecule has 70 valence electrons. The number of hydrogen-bond donors (Lipinski definition) is 2. The number of aliphatic hydroxyl groups excluding tert-OH is 1. The SMILES string of the molecule is CC(C(=O)O)[n+]1ccccc1CO. The van der Waals surface area contributed by atoms with Gasteiger partial charge in [0.15, 0.2) is 6.20 Å². The first kappa shape index (κ1) is 9.67. The van der Waals surface area contributed by atoms with Gasteiger partial charge in [0.2, 0.25) is 5.69 Å². The van der Waals surface area contributed by atoms with Crippen molar-refractivity contribution < 1.29 is 19.6 Å². The highest BCUT2D eigenvalue weighted by molar-refractivity contribution is 5.69. The molecule has 1 unspecified atom stereocenters. The maximum absolute atomic E-state index is 10.7. The molecule has 0 aliphatic heterocycles. The second-order valence-electron chi connectivity index (χ2n) is 2.77. The minimum Gasteiger partial charge on any atom is -0.476 e. The zero-order valence-electron chi connectivity index (χ0n) is 7.34. The molecule has 0 amide bonds. The van der Waals surface area contributed by atoms with E-state index in [4.69, 9.17) is 10.2 Å². The molecular weight excluding hydrogens is 170 g/mol. The van der Waals surface area contributed by atoms with Gasteiger partial charge in [0.1, 0.15) is 6.61 Å². The van der Waals surface area contributed by atoms with Crippen LogP contribution in [0.2, 0.25) is 0 Å². The van der Waals surface area contributed by atoms with Crippen LogP contribution in [0.5, 0.6) is 0 Å². The molecule has 4 nitrogen and oxygen atoms in total. The predicted octanol–water partition coefficient (Wildman–Crippen LogP) is 0.112. The second-order valence-corrected chi connectivity index (χ2v) is 2.77. The Morgan fingerprint density at radius 2 is 2.31 bits per heavy atom. The van der Waals surface area contributed by atoms with Crippen LogP contribution in [0.15, 0.2) is 24.4 Å². The van der Waals surface area contributed by atoms with Crippen molar-refractivity contribution >= 4 is 5.97 Å². The number of hydrogen-bond acceptors (Lipinski definition) is 2. The number of carbonyl (C=O) groups is 1. The Morgan fingerprint density at radius 3 is 2.85 bits per heavy atom. The summed E-state index contributed by atoms with van der Waals surface area (Å²) in [7, 11) is 0. The van der Waals surface area contributed by atoms with E-state index in [2.05, 4.69) is 0 Å². The van der Waals surface area contributed by atoms with Crippen LogP contribution in [0.25, 0.3) is 0 Å². The molecular formula is C9H12NO3+. The van der Waals surface area contributed by atoms with E-state index in [0.29, 0.717) is 5.69 Å². The summed E-state index contributed by atoms with van der Waals surface area (Å²) in [5.41, 5.74) is 0.595. The maximum Gasteiger partial charge on any atom is 0.373 e. The van der Waals surface area contributed by atoms with Crippen molar-refractivity contribution in [1.29, 1.82) is 0 Å². The Labute approximate surface area is 76.1 Å². The second kappa shape index (κ2) is 4.00. The fraction of sp³-hybridized carbons (Fsp3) is 0.333. The van der Waals surface area contributed by atoms with Gasteiger partial charge in [-0.25, -0.2) is 4.79 Å². The molecule has 13 heavy (non-hydrogen) atoms. The van der Waals surface area contributed by atoms with Crippen molar-refractivity contribution in [1.82, 2.24) is 0 Å². The quantitative estimate of drug-likeness (QED) is 0.652. The number of aliphatic carboxylic acids is 1. The van der Waals surface area contributed by atoms with E-state index in [0.717, 1.165) is 0 Å². The summed E-state index contributed by atoms with van der Waals surface area (Å²) in [6.07, 6.45) is 1.64. The van der Waals surface area contributed by atoms with E-state index in [1.807, 2.05) is 0 Å². The molecule has 0 bridgehead atoms. The van der Waals surface area contributed by atoms with Crippen LogP contribution in [0.3, 0.4) is 0 Å². The Hall–Kier alpha value is -1.42. The van der Waals surface area contributed by atoms with E-state index in [1.54, 1.807) is 31.3 Å². The van der Waals surface area contributed by atoms with Gasteiger partial charge in [-0.1, -0.05) is 6.07 Å². The lowest BCUT2D eigenvalue weighted by molar-refractivity contribution is -0.716. The Morgan fingerprint density at radius 1 is 1.62 bits per heavy atom. The van der Waals surface area contributed by atoms with E-state index in [9.17, 15) is 4.79 Å². The van der Waals surface area contributed by atoms with Crippen LogP contribution >= 0.6 is 0 Å². The molecule has 0 aliphatic rings. The lowest BCUT2D eigenvalue weighted by Gasteiger charge is -2.04. The summed E-state index contributed by atoms with van der Waals surface area (Å²) in [5, 5.41) is 17.7. The zero-order valence-corrected chi connectivity index (χ0v) is 7.34. The van der Waals surface area contributed by atoms with Crippen molar-refractivity contribution in [2.75, 3.05) is 0 Å². The lowest BCUT2D eigenvalue weighted by Crippen LogP contribution is -2.45. The topological polar surface area (TPSA) is 61.4 Å². The average molecular weight is 182 g/mol. The molecule has 1 aromatic heterocycles. The number of nitrogens with zero attached hydrogens (tertiary/aromatic N) is 1. The van der Waals surface area contributed by atoms with Crippen LogP contribution in [0.4, 0.5) is 0 Å². The van der Waals surface area contributed by atoms with Gasteiger partial charge in [0.05, 0.1) is 0 Å². The summed E-state index contributed by atoms with van der Waals surface area (Å²) in [6, 6.07) is 4.54. The highest BCUT2D eigenvalue weighted by Gasteiger charge is 2.23. The van der Waals surface area contributed by atoms with Crippen molar-refractivity contribution in [3.63, 3.8) is 0 Å². The van der Waals surface area contributed by atoms with Crippen LogP contribution in [-0.2, 0) is 11.4 Å². The molecule has 2 N–H and O–H groups in total. The largest absolute Gasteiger partial charge is 0.476 e. The van der Waals surface area contributed by atoms with Gasteiger partial charge in [-0.05, 0) is 0 Å². The molecule has 0 fully saturated rings. The van der Waals surface area contributed by atoms with E-state index in [-0.39, 0.29) is 6.61 Å². The van der Waals surface area contributed by atoms with Gasteiger partial charge in [-0.3, -0.25) is 0 Å². The van der Waals surface area contributed by atoms with Crippen LogP contribution in [-0.4, -0.2) is 16.2 Å². The molecule has 1 aromatic rings. The van der Waals surface area contributed by atoms with E-state index >= 15 is 0 Å². The Bertz CT molecular complexity index is 311. The monoisotopic (exact) mass is 182 g/mol. The first-order valence-electron chi connectivity index (χ1n) is 3.99. The van der Waals surface area contributed by atoms with Crippen molar-refractivity contribution in [2.24, 2.45) is 0 Å². The number of carboxylic acids is 1. The summed E-state index contributed by atoms with van der Waals surface area (Å²) >= 11 is 0. The highest BCUT2D eigenvalue weighted by Crippen LogP contribution is 1.99. The third-order valence-corrected chi connectivity index (χ3v) is 1.91. The highest BCUT2D eigenvalue weighted by atomic mass is 16.4. The molecule has 1 heterocycles. The molecule has 0 saturated carbocycles. The van der Waals surface area contributed by atoms with Gasteiger partial charge < -0.3 is 10.2 Å². The number of aliphatic hydroxyl groups is 1. The van der Waals surface area contributed by atoms with Gasteiger partial charge in [0.25, 0.3) is 6.04 Å². The molecule has 0 spiro atoms. The third kappa shape index (κ3) is 2.03. The standard InChI is InChI=1S/C9H11NO3/c1-7(9(12)13)10-5-3-2-4-8(10)6-11/h2-5,7,11H,6H2,1H3/p+1.